The maximum atomic E-state index is 12.2. The predicted molar refractivity (Wildman–Crippen MR) is 72.8 cm³/mol. The quantitative estimate of drug-likeness (QED) is 0.694. The molecule has 0 unspecified atom stereocenters. The fourth-order valence-corrected chi connectivity index (χ4v) is 2.14. The number of nitrogens with zero attached hydrogens (tertiary/aromatic N) is 4. The maximum absolute atomic E-state index is 12.2. The van der Waals surface area contributed by atoms with Gasteiger partial charge >= 0.3 is 5.69 Å². The van der Waals surface area contributed by atoms with Crippen molar-refractivity contribution in [2.75, 3.05) is 26.3 Å². The van der Waals surface area contributed by atoms with Crippen LogP contribution in [0.25, 0.3) is 0 Å². The number of hydrogen-bond donors (Lipinski definition) is 0. The van der Waals surface area contributed by atoms with Crippen molar-refractivity contribution in [3.05, 3.63) is 32.6 Å². The zero-order valence-electron chi connectivity index (χ0n) is 11.7. The van der Waals surface area contributed by atoms with Gasteiger partial charge in [0, 0.05) is 25.8 Å². The van der Waals surface area contributed by atoms with Crippen LogP contribution in [0.15, 0.2) is 15.8 Å². The lowest BCUT2D eigenvalue weighted by molar-refractivity contribution is -0.136. The molecule has 1 aliphatic rings. The number of hydrogen-bond acceptors (Lipinski definition) is 5. The van der Waals surface area contributed by atoms with E-state index in [1.54, 1.807) is 17.9 Å². The second-order valence-electron chi connectivity index (χ2n) is 4.61. The lowest BCUT2D eigenvalue weighted by atomic mass is 10.3. The summed E-state index contributed by atoms with van der Waals surface area (Å²) in [6.07, 6.45) is 1.22. The van der Waals surface area contributed by atoms with E-state index in [0.717, 1.165) is 4.57 Å². The zero-order chi connectivity index (χ0) is 15.4. The number of aromatic nitrogens is 2. The van der Waals surface area contributed by atoms with Gasteiger partial charge in [-0.2, -0.15) is 5.26 Å². The molecule has 1 aliphatic heterocycles. The lowest BCUT2D eigenvalue weighted by Gasteiger charge is -2.27. The summed E-state index contributed by atoms with van der Waals surface area (Å²) in [5, 5.41) is 8.95. The summed E-state index contributed by atoms with van der Waals surface area (Å²) < 4.78 is 7.21. The van der Waals surface area contributed by atoms with Crippen LogP contribution in [0.3, 0.4) is 0 Å². The highest BCUT2D eigenvalue weighted by Crippen LogP contribution is 1.98. The molecule has 1 aromatic heterocycles. The third kappa shape index (κ3) is 3.03. The number of morpholine rings is 1. The minimum absolute atomic E-state index is 0.147. The molecule has 0 radical (unpaired) electrons. The molecule has 2 heterocycles. The van der Waals surface area contributed by atoms with Gasteiger partial charge in [0.05, 0.1) is 13.2 Å². The Morgan fingerprint density at radius 3 is 2.62 bits per heavy atom. The van der Waals surface area contributed by atoms with Crippen LogP contribution in [0.2, 0.25) is 0 Å². The standard InChI is InChI=1S/C13H16N4O4/c1-2-15-8-10(7-14)12(19)17(13(15)20)9-11(18)16-3-5-21-6-4-16/h8H,2-6,9H2,1H3. The van der Waals surface area contributed by atoms with Crippen LogP contribution in [-0.4, -0.2) is 46.2 Å². The van der Waals surface area contributed by atoms with E-state index in [4.69, 9.17) is 10.00 Å². The van der Waals surface area contributed by atoms with Gasteiger partial charge in [-0.15, -0.1) is 0 Å². The summed E-state index contributed by atoms with van der Waals surface area (Å²) in [6.45, 7) is 3.45. The van der Waals surface area contributed by atoms with Crippen LogP contribution in [0.5, 0.6) is 0 Å². The van der Waals surface area contributed by atoms with Crippen molar-refractivity contribution in [1.29, 1.82) is 5.26 Å². The molecule has 0 aromatic carbocycles. The van der Waals surface area contributed by atoms with E-state index in [1.165, 1.54) is 10.8 Å². The smallest absolute Gasteiger partial charge is 0.331 e. The summed E-state index contributed by atoms with van der Waals surface area (Å²) in [6, 6.07) is 1.75. The normalized spacial score (nSPS) is 14.8. The van der Waals surface area contributed by atoms with E-state index < -0.39 is 11.2 Å². The van der Waals surface area contributed by atoms with Gasteiger partial charge in [-0.3, -0.25) is 14.2 Å². The van der Waals surface area contributed by atoms with Crippen LogP contribution >= 0.6 is 0 Å². The molecule has 0 N–H and O–H groups in total. The Bertz CT molecular complexity index is 692. The third-order valence-corrected chi connectivity index (χ3v) is 3.36. The van der Waals surface area contributed by atoms with Crippen molar-refractivity contribution in [2.24, 2.45) is 0 Å². The van der Waals surface area contributed by atoms with Crippen LogP contribution in [-0.2, 0) is 22.6 Å². The monoisotopic (exact) mass is 292 g/mol. The molecule has 1 saturated heterocycles. The molecule has 2 rings (SSSR count). The minimum Gasteiger partial charge on any atom is -0.378 e. The van der Waals surface area contributed by atoms with Gasteiger partial charge in [0.2, 0.25) is 5.91 Å². The topological polar surface area (TPSA) is 97.3 Å². The summed E-state index contributed by atoms with van der Waals surface area (Å²) in [7, 11) is 0. The molecule has 0 saturated carbocycles. The van der Waals surface area contributed by atoms with E-state index >= 15 is 0 Å². The number of carbonyl (C=O) groups is 1. The molecule has 112 valence electrons. The average Bonchev–Trinajstić information content (AvgIpc) is 2.52. The molecule has 21 heavy (non-hydrogen) atoms. The second-order valence-corrected chi connectivity index (χ2v) is 4.61. The van der Waals surface area contributed by atoms with E-state index in [0.29, 0.717) is 32.8 Å². The average molecular weight is 292 g/mol. The van der Waals surface area contributed by atoms with Crippen LogP contribution < -0.4 is 11.2 Å². The Morgan fingerprint density at radius 2 is 2.05 bits per heavy atom. The van der Waals surface area contributed by atoms with Gasteiger partial charge in [-0.25, -0.2) is 9.36 Å². The SMILES string of the molecule is CCn1cc(C#N)c(=O)n(CC(=O)N2CCOCC2)c1=O. The van der Waals surface area contributed by atoms with Crippen molar-refractivity contribution in [3.8, 4) is 6.07 Å². The molecule has 8 nitrogen and oxygen atoms in total. The first kappa shape index (κ1) is 15.0. The Balaban J connectivity index is 2.35. The molecule has 0 aliphatic carbocycles. The Labute approximate surface area is 120 Å². The molecular weight excluding hydrogens is 276 g/mol. The molecule has 0 atom stereocenters. The number of nitriles is 1. The fraction of sp³-hybridized carbons (Fsp3) is 0.538. The van der Waals surface area contributed by atoms with E-state index in [2.05, 4.69) is 0 Å². The number of aryl methyl sites for hydroxylation is 1. The predicted octanol–water partition coefficient (Wildman–Crippen LogP) is -1.24. The molecular formula is C13H16N4O4. The number of amides is 1. The van der Waals surface area contributed by atoms with Crippen molar-refractivity contribution >= 4 is 5.91 Å². The van der Waals surface area contributed by atoms with Gasteiger partial charge in [-0.05, 0) is 6.92 Å². The van der Waals surface area contributed by atoms with Crippen LogP contribution in [0, 0.1) is 11.3 Å². The number of ether oxygens (including phenoxy) is 1. The highest BCUT2D eigenvalue weighted by Gasteiger charge is 2.20. The maximum Gasteiger partial charge on any atom is 0.331 e. The van der Waals surface area contributed by atoms with Crippen LogP contribution in [0.1, 0.15) is 12.5 Å². The molecule has 1 amide bonds. The highest BCUT2D eigenvalue weighted by molar-refractivity contribution is 5.76. The lowest BCUT2D eigenvalue weighted by Crippen LogP contribution is -2.47. The summed E-state index contributed by atoms with van der Waals surface area (Å²) in [5.41, 5.74) is -1.46. The Hall–Kier alpha value is -2.40. The van der Waals surface area contributed by atoms with Crippen LogP contribution in [0.4, 0.5) is 0 Å². The summed E-state index contributed by atoms with van der Waals surface area (Å²) in [4.78, 5) is 37.9. The van der Waals surface area contributed by atoms with Gasteiger partial charge < -0.3 is 9.64 Å². The molecule has 1 fully saturated rings. The molecule has 0 spiro atoms. The molecule has 0 bridgehead atoms. The summed E-state index contributed by atoms with van der Waals surface area (Å²) >= 11 is 0. The first-order valence-electron chi connectivity index (χ1n) is 6.68. The minimum atomic E-state index is -0.728. The van der Waals surface area contributed by atoms with Crippen molar-refractivity contribution < 1.29 is 9.53 Å². The number of rotatable bonds is 3. The Kier molecular flexibility index (Phi) is 4.55. The third-order valence-electron chi connectivity index (χ3n) is 3.36. The van der Waals surface area contributed by atoms with Crippen molar-refractivity contribution in [1.82, 2.24) is 14.0 Å². The number of carbonyl (C=O) groups excluding carboxylic acids is 1. The van der Waals surface area contributed by atoms with Crippen molar-refractivity contribution in [3.63, 3.8) is 0 Å². The zero-order valence-corrected chi connectivity index (χ0v) is 11.7. The highest BCUT2D eigenvalue weighted by atomic mass is 16.5. The molecule has 8 heteroatoms. The van der Waals surface area contributed by atoms with E-state index in [9.17, 15) is 14.4 Å². The first-order valence-corrected chi connectivity index (χ1v) is 6.68. The first-order chi connectivity index (χ1) is 10.1. The van der Waals surface area contributed by atoms with Gasteiger partial charge in [0.15, 0.2) is 0 Å². The largest absolute Gasteiger partial charge is 0.378 e. The van der Waals surface area contributed by atoms with E-state index in [1.807, 2.05) is 0 Å². The summed E-state index contributed by atoms with van der Waals surface area (Å²) in [5.74, 6) is -0.324. The van der Waals surface area contributed by atoms with E-state index in [-0.39, 0.29) is 18.0 Å². The molecule has 1 aromatic rings. The van der Waals surface area contributed by atoms with Gasteiger partial charge in [0.25, 0.3) is 5.56 Å². The van der Waals surface area contributed by atoms with Gasteiger partial charge in [-0.1, -0.05) is 0 Å². The second kappa shape index (κ2) is 6.37. The van der Waals surface area contributed by atoms with Crippen molar-refractivity contribution in [2.45, 2.75) is 20.0 Å². The fourth-order valence-electron chi connectivity index (χ4n) is 2.14. The Morgan fingerprint density at radius 1 is 1.38 bits per heavy atom. The van der Waals surface area contributed by atoms with Gasteiger partial charge in [0.1, 0.15) is 18.2 Å².